The van der Waals surface area contributed by atoms with Crippen molar-refractivity contribution in [3.63, 3.8) is 0 Å². The molecule has 1 aliphatic rings. The number of rotatable bonds is 3. The molecule has 2 N–H and O–H groups in total. The number of hydrogen-bond acceptors (Lipinski definition) is 5. The second-order valence-electron chi connectivity index (χ2n) is 4.33. The lowest BCUT2D eigenvalue weighted by Gasteiger charge is -2.19. The van der Waals surface area contributed by atoms with Gasteiger partial charge in [-0.1, -0.05) is 29.4 Å². The highest BCUT2D eigenvalue weighted by Crippen LogP contribution is 2.30. The summed E-state index contributed by atoms with van der Waals surface area (Å²) in [4.78, 5) is 5.43. The van der Waals surface area contributed by atoms with Gasteiger partial charge in [0.1, 0.15) is 0 Å². The zero-order valence-corrected chi connectivity index (χ0v) is 11.1. The summed E-state index contributed by atoms with van der Waals surface area (Å²) in [5.41, 5.74) is 2.83. The molecule has 1 aromatic rings. The molecule has 1 aromatic carbocycles. The standard InChI is InChI=1S/C13H17N5O/c1-9-8-12(19-17-9)10-6-4-5-7-11(10)13(16-14)18(3)15-2/h4-7,12H,2,8,14H2,1,3H3/b16-13-/t12-/m1/s1. The van der Waals surface area contributed by atoms with Crippen molar-refractivity contribution in [2.45, 2.75) is 19.4 Å². The van der Waals surface area contributed by atoms with E-state index in [1.807, 2.05) is 31.2 Å². The maximum Gasteiger partial charge on any atom is 0.175 e. The zero-order valence-electron chi connectivity index (χ0n) is 11.1. The van der Waals surface area contributed by atoms with Crippen LogP contribution in [0, 0.1) is 0 Å². The minimum absolute atomic E-state index is 0.105. The Morgan fingerprint density at radius 2 is 2.26 bits per heavy atom. The molecular formula is C13H17N5O. The number of oxime groups is 1. The van der Waals surface area contributed by atoms with E-state index in [1.54, 1.807) is 7.05 Å². The van der Waals surface area contributed by atoms with Gasteiger partial charge in [0.05, 0.1) is 5.71 Å². The van der Waals surface area contributed by atoms with Crippen molar-refractivity contribution in [2.24, 2.45) is 21.2 Å². The lowest BCUT2D eigenvalue weighted by Crippen LogP contribution is -2.25. The summed E-state index contributed by atoms with van der Waals surface area (Å²) in [6.45, 7) is 5.42. The van der Waals surface area contributed by atoms with Crippen LogP contribution in [0.4, 0.5) is 0 Å². The first-order valence-corrected chi connectivity index (χ1v) is 5.94. The minimum atomic E-state index is -0.105. The number of benzene rings is 1. The summed E-state index contributed by atoms with van der Waals surface area (Å²) in [6, 6.07) is 7.78. The average molecular weight is 259 g/mol. The van der Waals surface area contributed by atoms with Crippen molar-refractivity contribution < 1.29 is 4.84 Å². The van der Waals surface area contributed by atoms with Crippen LogP contribution in [-0.4, -0.2) is 30.3 Å². The summed E-state index contributed by atoms with van der Waals surface area (Å²) >= 11 is 0. The molecule has 1 heterocycles. The third-order valence-corrected chi connectivity index (χ3v) is 3.01. The van der Waals surface area contributed by atoms with Gasteiger partial charge in [0.2, 0.25) is 0 Å². The molecule has 0 amide bonds. The summed E-state index contributed by atoms with van der Waals surface area (Å²) in [6.07, 6.45) is 0.659. The second kappa shape index (κ2) is 5.51. The molecule has 0 aliphatic carbocycles. The Morgan fingerprint density at radius 3 is 2.84 bits per heavy atom. The maximum atomic E-state index is 5.47. The van der Waals surface area contributed by atoms with Crippen molar-refractivity contribution >= 4 is 18.3 Å². The maximum absolute atomic E-state index is 5.47. The average Bonchev–Trinajstić information content (AvgIpc) is 2.86. The van der Waals surface area contributed by atoms with E-state index in [4.69, 9.17) is 10.7 Å². The molecule has 19 heavy (non-hydrogen) atoms. The molecule has 1 aliphatic heterocycles. The van der Waals surface area contributed by atoms with Crippen molar-refractivity contribution in [1.82, 2.24) is 5.01 Å². The summed E-state index contributed by atoms with van der Waals surface area (Å²) < 4.78 is 0. The van der Waals surface area contributed by atoms with Crippen molar-refractivity contribution in [3.8, 4) is 0 Å². The molecule has 6 heteroatoms. The van der Waals surface area contributed by atoms with Crippen LogP contribution >= 0.6 is 0 Å². The first-order valence-electron chi connectivity index (χ1n) is 5.94. The Morgan fingerprint density at radius 1 is 1.53 bits per heavy atom. The van der Waals surface area contributed by atoms with E-state index in [1.165, 1.54) is 5.01 Å². The predicted octanol–water partition coefficient (Wildman–Crippen LogP) is 1.69. The SMILES string of the molecule is C=NN(C)/C(=N\N)c1ccccc1[C@H]1CC(C)=NO1. The molecular weight excluding hydrogens is 242 g/mol. The summed E-state index contributed by atoms with van der Waals surface area (Å²) in [5, 5.41) is 13.1. The normalized spacial score (nSPS) is 18.7. The van der Waals surface area contributed by atoms with Gasteiger partial charge in [-0.3, -0.25) is 0 Å². The highest BCUT2D eigenvalue weighted by molar-refractivity contribution is 6.00. The Hall–Kier alpha value is -2.37. The molecule has 0 radical (unpaired) electrons. The number of hydrazone groups is 2. The largest absolute Gasteiger partial charge is 0.387 e. The lowest BCUT2D eigenvalue weighted by atomic mass is 9.98. The number of nitrogens with zero attached hydrogens (tertiary/aromatic N) is 4. The van der Waals surface area contributed by atoms with E-state index in [-0.39, 0.29) is 6.10 Å². The predicted molar refractivity (Wildman–Crippen MR) is 76.0 cm³/mol. The van der Waals surface area contributed by atoms with E-state index in [9.17, 15) is 0 Å². The van der Waals surface area contributed by atoms with Crippen LogP contribution in [-0.2, 0) is 4.84 Å². The van der Waals surface area contributed by atoms with Crippen molar-refractivity contribution in [2.75, 3.05) is 7.05 Å². The fourth-order valence-electron chi connectivity index (χ4n) is 2.04. The fraction of sp³-hybridized carbons (Fsp3) is 0.308. The minimum Gasteiger partial charge on any atom is -0.387 e. The monoisotopic (exact) mass is 259 g/mol. The van der Waals surface area contributed by atoms with Crippen LogP contribution in [0.5, 0.6) is 0 Å². The van der Waals surface area contributed by atoms with Gasteiger partial charge in [-0.25, -0.2) is 5.01 Å². The molecule has 0 saturated heterocycles. The van der Waals surface area contributed by atoms with Crippen LogP contribution in [0.3, 0.4) is 0 Å². The van der Waals surface area contributed by atoms with Crippen LogP contribution in [0.1, 0.15) is 30.6 Å². The van der Waals surface area contributed by atoms with Gasteiger partial charge in [-0.05, 0) is 6.92 Å². The number of hydrogen-bond donors (Lipinski definition) is 1. The molecule has 0 spiro atoms. The Balaban J connectivity index is 2.39. The van der Waals surface area contributed by atoms with Gasteiger partial charge in [-0.2, -0.15) is 10.2 Å². The lowest BCUT2D eigenvalue weighted by molar-refractivity contribution is 0.0855. The first-order chi connectivity index (χ1) is 9.17. The topological polar surface area (TPSA) is 75.6 Å². The third-order valence-electron chi connectivity index (χ3n) is 3.01. The Bertz CT molecular complexity index is 538. The number of amidine groups is 1. The molecule has 1 atom stereocenters. The second-order valence-corrected chi connectivity index (χ2v) is 4.33. The number of nitrogens with two attached hydrogens (primary N) is 1. The molecule has 100 valence electrons. The van der Waals surface area contributed by atoms with Gasteiger partial charge in [0.15, 0.2) is 11.9 Å². The highest BCUT2D eigenvalue weighted by Gasteiger charge is 2.25. The van der Waals surface area contributed by atoms with Gasteiger partial charge >= 0.3 is 0 Å². The van der Waals surface area contributed by atoms with Crippen LogP contribution < -0.4 is 5.84 Å². The molecule has 2 rings (SSSR count). The van der Waals surface area contributed by atoms with E-state index >= 15 is 0 Å². The molecule has 0 bridgehead atoms. The molecule has 0 unspecified atom stereocenters. The fourth-order valence-corrected chi connectivity index (χ4v) is 2.04. The molecule has 0 saturated carbocycles. The van der Waals surface area contributed by atoms with Crippen molar-refractivity contribution in [1.29, 1.82) is 0 Å². The van der Waals surface area contributed by atoms with Gasteiger partial charge in [-0.15, -0.1) is 0 Å². The third kappa shape index (κ3) is 2.57. The van der Waals surface area contributed by atoms with E-state index < -0.39 is 0 Å². The zero-order chi connectivity index (χ0) is 13.8. The van der Waals surface area contributed by atoms with Crippen LogP contribution in [0.2, 0.25) is 0 Å². The highest BCUT2D eigenvalue weighted by atomic mass is 16.6. The smallest absolute Gasteiger partial charge is 0.175 e. The Kier molecular flexibility index (Phi) is 3.79. The van der Waals surface area contributed by atoms with Crippen LogP contribution in [0.25, 0.3) is 0 Å². The van der Waals surface area contributed by atoms with E-state index in [0.717, 1.165) is 23.3 Å². The van der Waals surface area contributed by atoms with Crippen molar-refractivity contribution in [3.05, 3.63) is 35.4 Å². The van der Waals surface area contributed by atoms with Gasteiger partial charge in [0, 0.05) is 31.3 Å². The molecule has 0 fully saturated rings. The van der Waals surface area contributed by atoms with E-state index in [2.05, 4.69) is 22.1 Å². The Labute approximate surface area is 112 Å². The summed E-state index contributed by atoms with van der Waals surface area (Å²) in [7, 11) is 1.74. The van der Waals surface area contributed by atoms with Gasteiger partial charge < -0.3 is 10.7 Å². The van der Waals surface area contributed by atoms with Gasteiger partial charge in [0.25, 0.3) is 0 Å². The summed E-state index contributed by atoms with van der Waals surface area (Å²) in [5.74, 6) is 6.01. The molecule has 6 nitrogen and oxygen atoms in total. The first kappa shape index (κ1) is 13.1. The van der Waals surface area contributed by atoms with E-state index in [0.29, 0.717) is 5.84 Å². The van der Waals surface area contributed by atoms with Crippen LogP contribution in [0.15, 0.2) is 39.6 Å². The molecule has 0 aromatic heterocycles. The quantitative estimate of drug-likeness (QED) is 0.388.